The Morgan fingerprint density at radius 3 is 2.30 bits per heavy atom. The van der Waals surface area contributed by atoms with Gasteiger partial charge in [-0.05, 0) is 83.9 Å². The van der Waals surface area contributed by atoms with E-state index in [1.807, 2.05) is 63.2 Å². The Kier molecular flexibility index (Phi) is 11.8. The largest absolute Gasteiger partial charge is 0.489 e. The minimum absolute atomic E-state index is 0.0742. The zero-order valence-electron chi connectivity index (χ0n) is 27.0. The van der Waals surface area contributed by atoms with E-state index in [2.05, 4.69) is 10.6 Å². The SMILES string of the molecule is COCCNc1cc(COc2ccccc2CC(=O)OC(C)(C)C)cc(-c2cccc([C@@H](C)NC(=O)OC(C)(C)C)c2F)c1. The summed E-state index contributed by atoms with van der Waals surface area (Å²) in [6, 6.07) is 17.5. The molecule has 8 nitrogen and oxygen atoms in total. The normalized spacial score (nSPS) is 12.3. The number of carbonyl (C=O) groups excluding carboxylic acids is 2. The van der Waals surface area contributed by atoms with Gasteiger partial charge in [-0.3, -0.25) is 4.79 Å². The maximum absolute atomic E-state index is 16.0. The molecule has 0 fully saturated rings. The predicted molar refractivity (Wildman–Crippen MR) is 170 cm³/mol. The molecule has 9 heteroatoms. The summed E-state index contributed by atoms with van der Waals surface area (Å²) >= 11 is 0. The smallest absolute Gasteiger partial charge is 0.408 e. The highest BCUT2D eigenvalue weighted by Gasteiger charge is 2.22. The van der Waals surface area contributed by atoms with Crippen LogP contribution in [0.5, 0.6) is 5.75 Å². The van der Waals surface area contributed by atoms with Crippen molar-refractivity contribution >= 4 is 17.7 Å². The van der Waals surface area contributed by atoms with Crippen LogP contribution in [0.4, 0.5) is 14.9 Å². The lowest BCUT2D eigenvalue weighted by molar-refractivity contribution is -0.153. The molecule has 0 spiro atoms. The van der Waals surface area contributed by atoms with Crippen molar-refractivity contribution in [3.05, 3.63) is 83.2 Å². The number of amides is 1. The van der Waals surface area contributed by atoms with Gasteiger partial charge in [-0.25, -0.2) is 9.18 Å². The minimum Gasteiger partial charge on any atom is -0.489 e. The van der Waals surface area contributed by atoms with Crippen molar-refractivity contribution in [2.24, 2.45) is 0 Å². The van der Waals surface area contributed by atoms with E-state index >= 15 is 4.39 Å². The molecule has 1 amide bonds. The van der Waals surface area contributed by atoms with E-state index < -0.39 is 29.2 Å². The molecule has 0 aliphatic rings. The molecule has 0 saturated carbocycles. The van der Waals surface area contributed by atoms with E-state index in [4.69, 9.17) is 18.9 Å². The van der Waals surface area contributed by atoms with Gasteiger partial charge in [-0.2, -0.15) is 0 Å². The average molecular weight is 609 g/mol. The second-order valence-corrected chi connectivity index (χ2v) is 12.6. The van der Waals surface area contributed by atoms with Crippen LogP contribution in [0, 0.1) is 5.82 Å². The summed E-state index contributed by atoms with van der Waals surface area (Å²) in [5.41, 5.74) is 2.36. The molecule has 0 radical (unpaired) electrons. The molecule has 0 aromatic heterocycles. The molecule has 3 aromatic rings. The van der Waals surface area contributed by atoms with E-state index in [1.165, 1.54) is 0 Å². The Morgan fingerprint density at radius 1 is 0.909 bits per heavy atom. The van der Waals surface area contributed by atoms with E-state index in [-0.39, 0.29) is 19.0 Å². The number of para-hydroxylation sites is 1. The highest BCUT2D eigenvalue weighted by Crippen LogP contribution is 2.32. The molecule has 0 heterocycles. The van der Waals surface area contributed by atoms with Gasteiger partial charge in [-0.1, -0.05) is 36.4 Å². The van der Waals surface area contributed by atoms with Crippen LogP contribution < -0.4 is 15.4 Å². The van der Waals surface area contributed by atoms with Crippen LogP contribution >= 0.6 is 0 Å². The first kappa shape index (κ1) is 34.4. The van der Waals surface area contributed by atoms with Gasteiger partial charge in [0.1, 0.15) is 29.4 Å². The standard InChI is InChI=1S/C35H45FN2O6/c1-23(38-33(40)44-35(5,6)7)28-13-11-14-29(32(28)36)26-18-24(19-27(20-26)37-16-17-41-8)22-42-30-15-10-9-12-25(30)21-31(39)43-34(2,3)4/h9-15,18-20,23,37H,16-17,21-22H2,1-8H3,(H,38,40)/t23-/m1/s1. The molecule has 0 aliphatic heterocycles. The van der Waals surface area contributed by atoms with Crippen LogP contribution in [0.1, 0.15) is 71.2 Å². The maximum atomic E-state index is 16.0. The maximum Gasteiger partial charge on any atom is 0.408 e. The van der Waals surface area contributed by atoms with E-state index in [0.717, 1.165) is 11.3 Å². The lowest BCUT2D eigenvalue weighted by Gasteiger charge is -2.22. The van der Waals surface area contributed by atoms with Crippen LogP contribution in [0.3, 0.4) is 0 Å². The van der Waals surface area contributed by atoms with Gasteiger partial charge in [0.05, 0.1) is 19.1 Å². The number of hydrogen-bond acceptors (Lipinski definition) is 7. The van der Waals surface area contributed by atoms with Crippen molar-refractivity contribution in [3.8, 4) is 16.9 Å². The number of methoxy groups -OCH3 is 1. The third kappa shape index (κ3) is 10.9. The number of nitrogens with one attached hydrogen (secondary N) is 2. The second kappa shape index (κ2) is 15.1. The van der Waals surface area contributed by atoms with Crippen LogP contribution in [-0.2, 0) is 32.0 Å². The number of esters is 1. The number of anilines is 1. The Balaban J connectivity index is 1.89. The van der Waals surface area contributed by atoms with Crippen LogP contribution in [-0.4, -0.2) is 43.5 Å². The fourth-order valence-electron chi connectivity index (χ4n) is 4.48. The summed E-state index contributed by atoms with van der Waals surface area (Å²) in [5, 5.41) is 6.04. The lowest BCUT2D eigenvalue weighted by atomic mass is 9.97. The number of carbonyl (C=O) groups is 2. The molecular formula is C35H45FN2O6. The van der Waals surface area contributed by atoms with Crippen LogP contribution in [0.2, 0.25) is 0 Å². The van der Waals surface area contributed by atoms with Gasteiger partial charge >= 0.3 is 12.1 Å². The number of ether oxygens (including phenoxy) is 4. The van der Waals surface area contributed by atoms with Gasteiger partial charge in [0, 0.05) is 36.0 Å². The highest BCUT2D eigenvalue weighted by molar-refractivity contribution is 5.74. The van der Waals surface area contributed by atoms with Crippen molar-refractivity contribution in [2.45, 2.75) is 78.7 Å². The van der Waals surface area contributed by atoms with Gasteiger partial charge in [0.15, 0.2) is 0 Å². The number of rotatable bonds is 12. The van der Waals surface area contributed by atoms with E-state index in [0.29, 0.717) is 41.2 Å². The number of alkyl carbamates (subject to hydrolysis) is 1. The Bertz CT molecular complexity index is 1430. The molecule has 3 aromatic carbocycles. The Morgan fingerprint density at radius 2 is 1.61 bits per heavy atom. The van der Waals surface area contributed by atoms with E-state index in [9.17, 15) is 9.59 Å². The van der Waals surface area contributed by atoms with Crippen molar-refractivity contribution in [1.82, 2.24) is 5.32 Å². The molecule has 3 rings (SSSR count). The quantitative estimate of drug-likeness (QED) is 0.162. The van der Waals surface area contributed by atoms with Crippen LogP contribution in [0.25, 0.3) is 11.1 Å². The zero-order valence-corrected chi connectivity index (χ0v) is 27.0. The summed E-state index contributed by atoms with van der Waals surface area (Å²) in [7, 11) is 1.62. The molecule has 1 atom stereocenters. The van der Waals surface area contributed by atoms with Gasteiger partial charge in [0.2, 0.25) is 0 Å². The van der Waals surface area contributed by atoms with Crippen molar-refractivity contribution < 1.29 is 32.9 Å². The molecule has 2 N–H and O–H groups in total. The molecule has 238 valence electrons. The Labute approximate surface area is 260 Å². The summed E-state index contributed by atoms with van der Waals surface area (Å²) < 4.78 is 38.2. The summed E-state index contributed by atoms with van der Waals surface area (Å²) in [5.74, 6) is -0.224. The first-order valence-corrected chi connectivity index (χ1v) is 14.7. The minimum atomic E-state index is -0.671. The first-order valence-electron chi connectivity index (χ1n) is 14.7. The fraction of sp³-hybridized carbons (Fsp3) is 0.429. The monoisotopic (exact) mass is 608 g/mol. The van der Waals surface area contributed by atoms with Gasteiger partial charge < -0.3 is 29.6 Å². The van der Waals surface area contributed by atoms with Crippen LogP contribution in [0.15, 0.2) is 60.7 Å². The molecule has 0 unspecified atom stereocenters. The summed E-state index contributed by atoms with van der Waals surface area (Å²) in [4.78, 5) is 24.8. The molecule has 0 saturated heterocycles. The van der Waals surface area contributed by atoms with Gasteiger partial charge in [0.25, 0.3) is 0 Å². The highest BCUT2D eigenvalue weighted by atomic mass is 19.1. The van der Waals surface area contributed by atoms with Crippen molar-refractivity contribution in [2.75, 3.05) is 25.6 Å². The first-order chi connectivity index (χ1) is 20.6. The molecular weight excluding hydrogens is 563 g/mol. The zero-order chi connectivity index (χ0) is 32.5. The number of halogens is 1. The average Bonchev–Trinajstić information content (AvgIpc) is 2.90. The third-order valence-electron chi connectivity index (χ3n) is 6.29. The topological polar surface area (TPSA) is 95.1 Å². The molecule has 0 aliphatic carbocycles. The fourth-order valence-corrected chi connectivity index (χ4v) is 4.48. The lowest BCUT2D eigenvalue weighted by Crippen LogP contribution is -2.34. The molecule has 44 heavy (non-hydrogen) atoms. The molecule has 0 bridgehead atoms. The van der Waals surface area contributed by atoms with E-state index in [1.54, 1.807) is 53.0 Å². The third-order valence-corrected chi connectivity index (χ3v) is 6.29. The second-order valence-electron chi connectivity index (χ2n) is 12.6. The van der Waals surface area contributed by atoms with Gasteiger partial charge in [-0.15, -0.1) is 0 Å². The van der Waals surface area contributed by atoms with Crippen molar-refractivity contribution in [3.63, 3.8) is 0 Å². The number of hydrogen-bond donors (Lipinski definition) is 2. The predicted octanol–water partition coefficient (Wildman–Crippen LogP) is 7.60. The number of benzene rings is 3. The Hall–Kier alpha value is -4.11. The van der Waals surface area contributed by atoms with Crippen molar-refractivity contribution in [1.29, 1.82) is 0 Å². The summed E-state index contributed by atoms with van der Waals surface area (Å²) in [6.45, 7) is 13.7. The summed E-state index contributed by atoms with van der Waals surface area (Å²) in [6.07, 6.45) is -0.546.